The molecule has 3 rings (SSSR count). The molecule has 2 saturated heterocycles. The van der Waals surface area contributed by atoms with Gasteiger partial charge < -0.3 is 20.3 Å². The van der Waals surface area contributed by atoms with E-state index in [1.807, 2.05) is 30.3 Å². The van der Waals surface area contributed by atoms with Crippen molar-refractivity contribution in [3.8, 4) is 0 Å². The molecule has 2 aliphatic rings. The topological polar surface area (TPSA) is 108 Å². The second kappa shape index (κ2) is 11.3. The maximum Gasteiger partial charge on any atom is 0.410 e. The summed E-state index contributed by atoms with van der Waals surface area (Å²) in [5, 5.41) is 5.79. The first kappa shape index (κ1) is 22.6. The molecule has 0 saturated carbocycles. The van der Waals surface area contributed by atoms with Gasteiger partial charge in [0.1, 0.15) is 13.2 Å². The molecule has 2 heterocycles. The number of hydrogen-bond donors (Lipinski definition) is 2. The fraction of sp³-hybridized carbons (Fsp3) is 0.545. The van der Waals surface area contributed by atoms with Crippen molar-refractivity contribution in [1.29, 1.82) is 0 Å². The smallest absolute Gasteiger partial charge is 0.410 e. The van der Waals surface area contributed by atoms with Gasteiger partial charge >= 0.3 is 6.09 Å². The van der Waals surface area contributed by atoms with Gasteiger partial charge in [0, 0.05) is 26.1 Å². The highest BCUT2D eigenvalue weighted by Gasteiger charge is 2.27. The van der Waals surface area contributed by atoms with Crippen LogP contribution in [0.2, 0.25) is 0 Å². The number of rotatable bonds is 3. The molecular formula is C22H30N4O5. The molecule has 1 atom stereocenters. The standard InChI is InChI=1S/C22H30N4O5/c27-19-8-7-18(17-5-2-1-3-6-17)9-11-24-20(28)15-25(12-4-10-23-19)21(29)16-26-13-14-31-22(26)30/h1-3,5-6,18H,4,7-16H2,(H,23,27)(H,24,28). The molecule has 2 N–H and O–H groups in total. The Morgan fingerprint density at radius 1 is 1.00 bits per heavy atom. The lowest BCUT2D eigenvalue weighted by molar-refractivity contribution is -0.136. The Morgan fingerprint density at radius 3 is 2.52 bits per heavy atom. The molecule has 9 nitrogen and oxygen atoms in total. The predicted molar refractivity (Wildman–Crippen MR) is 113 cm³/mol. The third kappa shape index (κ3) is 6.97. The number of carbonyl (C=O) groups is 4. The minimum absolute atomic E-state index is 0.0142. The number of benzene rings is 1. The first-order chi connectivity index (χ1) is 15.0. The van der Waals surface area contributed by atoms with Crippen LogP contribution in [0, 0.1) is 0 Å². The number of ether oxygens (including phenoxy) is 1. The number of hydrogen-bond acceptors (Lipinski definition) is 5. The summed E-state index contributed by atoms with van der Waals surface area (Å²) in [5.74, 6) is -0.395. The minimum atomic E-state index is -0.515. The van der Waals surface area contributed by atoms with Crippen molar-refractivity contribution >= 4 is 23.8 Å². The lowest BCUT2D eigenvalue weighted by Crippen LogP contribution is -2.46. The predicted octanol–water partition coefficient (Wildman–Crippen LogP) is 0.857. The summed E-state index contributed by atoms with van der Waals surface area (Å²) in [4.78, 5) is 51.8. The van der Waals surface area contributed by atoms with Crippen LogP contribution >= 0.6 is 0 Å². The Hall–Kier alpha value is -3.10. The van der Waals surface area contributed by atoms with E-state index in [2.05, 4.69) is 10.6 Å². The highest BCUT2D eigenvalue weighted by atomic mass is 16.6. The highest BCUT2D eigenvalue weighted by Crippen LogP contribution is 2.24. The normalized spacial score (nSPS) is 21.7. The van der Waals surface area contributed by atoms with Crippen molar-refractivity contribution in [1.82, 2.24) is 20.4 Å². The monoisotopic (exact) mass is 430 g/mol. The number of nitrogens with one attached hydrogen (secondary N) is 2. The van der Waals surface area contributed by atoms with E-state index in [1.54, 1.807) is 0 Å². The second-order valence-electron chi connectivity index (χ2n) is 7.84. The zero-order valence-corrected chi connectivity index (χ0v) is 17.7. The molecular weight excluding hydrogens is 400 g/mol. The zero-order chi connectivity index (χ0) is 22.1. The van der Waals surface area contributed by atoms with Crippen LogP contribution in [0.15, 0.2) is 30.3 Å². The van der Waals surface area contributed by atoms with Crippen LogP contribution in [0.1, 0.15) is 37.2 Å². The summed E-state index contributed by atoms with van der Waals surface area (Å²) < 4.78 is 4.86. The van der Waals surface area contributed by atoms with E-state index in [-0.39, 0.29) is 43.3 Å². The maximum atomic E-state index is 12.7. The molecule has 0 spiro atoms. The van der Waals surface area contributed by atoms with Crippen molar-refractivity contribution < 1.29 is 23.9 Å². The Labute approximate surface area is 182 Å². The van der Waals surface area contributed by atoms with E-state index >= 15 is 0 Å². The van der Waals surface area contributed by atoms with Gasteiger partial charge in [0.15, 0.2) is 0 Å². The fourth-order valence-corrected chi connectivity index (χ4v) is 3.83. The van der Waals surface area contributed by atoms with Crippen LogP contribution in [-0.2, 0) is 19.1 Å². The SMILES string of the molecule is O=C1CCC(c2ccccc2)CCNC(=O)CN(C(=O)CN2CCOC2=O)CCCN1. The quantitative estimate of drug-likeness (QED) is 0.739. The molecule has 2 aliphatic heterocycles. The molecule has 168 valence electrons. The number of nitrogens with zero attached hydrogens (tertiary/aromatic N) is 2. The molecule has 31 heavy (non-hydrogen) atoms. The van der Waals surface area contributed by atoms with Crippen LogP contribution in [0.4, 0.5) is 4.79 Å². The first-order valence-corrected chi connectivity index (χ1v) is 10.8. The average Bonchev–Trinajstić information content (AvgIpc) is 3.17. The maximum absolute atomic E-state index is 12.7. The van der Waals surface area contributed by atoms with Gasteiger partial charge in [-0.05, 0) is 30.7 Å². The van der Waals surface area contributed by atoms with E-state index in [0.29, 0.717) is 51.9 Å². The Kier molecular flexibility index (Phi) is 8.26. The summed E-state index contributed by atoms with van der Waals surface area (Å²) in [7, 11) is 0. The zero-order valence-electron chi connectivity index (χ0n) is 17.7. The van der Waals surface area contributed by atoms with Crippen LogP contribution in [0.25, 0.3) is 0 Å². The molecule has 0 bridgehead atoms. The second-order valence-corrected chi connectivity index (χ2v) is 7.84. The molecule has 9 heteroatoms. The van der Waals surface area contributed by atoms with Crippen molar-refractivity contribution in [3.63, 3.8) is 0 Å². The Bertz CT molecular complexity index is 785. The third-order valence-corrected chi connectivity index (χ3v) is 5.59. The van der Waals surface area contributed by atoms with Crippen LogP contribution in [0.5, 0.6) is 0 Å². The molecule has 1 aromatic rings. The van der Waals surface area contributed by atoms with Gasteiger partial charge in [0.2, 0.25) is 17.7 Å². The molecule has 1 aromatic carbocycles. The third-order valence-electron chi connectivity index (χ3n) is 5.59. The van der Waals surface area contributed by atoms with Gasteiger partial charge in [-0.2, -0.15) is 0 Å². The van der Waals surface area contributed by atoms with Gasteiger partial charge in [-0.25, -0.2) is 4.79 Å². The van der Waals surface area contributed by atoms with E-state index in [4.69, 9.17) is 4.74 Å². The molecule has 1 unspecified atom stereocenters. The van der Waals surface area contributed by atoms with E-state index in [9.17, 15) is 19.2 Å². The van der Waals surface area contributed by atoms with Gasteiger partial charge in [0.25, 0.3) is 0 Å². The lowest BCUT2D eigenvalue weighted by atomic mass is 9.91. The van der Waals surface area contributed by atoms with Gasteiger partial charge in [-0.15, -0.1) is 0 Å². The molecule has 0 radical (unpaired) electrons. The minimum Gasteiger partial charge on any atom is -0.448 e. The lowest BCUT2D eigenvalue weighted by Gasteiger charge is -2.25. The van der Waals surface area contributed by atoms with Crippen LogP contribution in [-0.4, -0.2) is 79.5 Å². The Morgan fingerprint density at radius 2 is 1.77 bits per heavy atom. The number of cyclic esters (lactones) is 1. The van der Waals surface area contributed by atoms with E-state index in [0.717, 1.165) is 5.56 Å². The van der Waals surface area contributed by atoms with E-state index < -0.39 is 6.09 Å². The summed E-state index contributed by atoms with van der Waals surface area (Å²) in [6, 6.07) is 9.97. The first-order valence-electron chi connectivity index (χ1n) is 10.8. The van der Waals surface area contributed by atoms with Crippen molar-refractivity contribution in [3.05, 3.63) is 35.9 Å². The molecule has 0 aromatic heterocycles. The van der Waals surface area contributed by atoms with E-state index in [1.165, 1.54) is 9.80 Å². The largest absolute Gasteiger partial charge is 0.448 e. The molecule has 0 aliphatic carbocycles. The van der Waals surface area contributed by atoms with Gasteiger partial charge in [0.05, 0.1) is 13.1 Å². The summed E-state index contributed by atoms with van der Waals surface area (Å²) in [6.07, 6.45) is 1.84. The van der Waals surface area contributed by atoms with Crippen LogP contribution in [0.3, 0.4) is 0 Å². The molecule has 4 amide bonds. The highest BCUT2D eigenvalue weighted by molar-refractivity contribution is 5.87. The summed E-state index contributed by atoms with van der Waals surface area (Å²) in [5.41, 5.74) is 1.14. The number of carbonyl (C=O) groups excluding carboxylic acids is 4. The molecule has 2 fully saturated rings. The average molecular weight is 431 g/mol. The van der Waals surface area contributed by atoms with Crippen LogP contribution < -0.4 is 10.6 Å². The van der Waals surface area contributed by atoms with Gasteiger partial charge in [-0.1, -0.05) is 30.3 Å². The number of amides is 4. The summed E-state index contributed by atoms with van der Waals surface area (Å²) in [6.45, 7) is 1.64. The summed E-state index contributed by atoms with van der Waals surface area (Å²) >= 11 is 0. The van der Waals surface area contributed by atoms with Crippen molar-refractivity contribution in [2.45, 2.75) is 31.6 Å². The van der Waals surface area contributed by atoms with Crippen molar-refractivity contribution in [2.75, 3.05) is 45.9 Å². The van der Waals surface area contributed by atoms with Gasteiger partial charge in [-0.3, -0.25) is 19.3 Å². The fourth-order valence-electron chi connectivity index (χ4n) is 3.83. The van der Waals surface area contributed by atoms with Crippen molar-refractivity contribution in [2.24, 2.45) is 0 Å². The Balaban J connectivity index is 1.62.